The van der Waals surface area contributed by atoms with E-state index in [2.05, 4.69) is 10.3 Å². The summed E-state index contributed by atoms with van der Waals surface area (Å²) in [6.07, 6.45) is 1.67. The molecule has 0 saturated carbocycles. The molecule has 0 aliphatic carbocycles. The molecule has 2 amide bonds. The van der Waals surface area contributed by atoms with Crippen LogP contribution in [-0.4, -0.2) is 46.8 Å². The Kier molecular flexibility index (Phi) is 5.32. The number of anilines is 1. The van der Waals surface area contributed by atoms with Crippen molar-refractivity contribution in [1.29, 1.82) is 0 Å². The maximum Gasteiger partial charge on any atom is 0.274 e. The highest BCUT2D eigenvalue weighted by atomic mass is 35.5. The molecule has 0 bridgehead atoms. The maximum atomic E-state index is 12.6. The van der Waals surface area contributed by atoms with Gasteiger partial charge in [-0.2, -0.15) is 0 Å². The number of aromatic nitrogens is 2. The minimum Gasteiger partial charge on any atom is -0.495 e. The molecule has 1 aromatic carbocycles. The molecule has 0 spiro atoms. The van der Waals surface area contributed by atoms with Gasteiger partial charge in [0.15, 0.2) is 0 Å². The number of methoxy groups -OCH3 is 1. The number of aryl methyl sites for hydroxylation is 1. The zero-order chi connectivity index (χ0) is 19.6. The van der Waals surface area contributed by atoms with Gasteiger partial charge in [-0.3, -0.25) is 9.59 Å². The SMILES string of the molecule is COc1ccc(Cl)cc1NC(=O)CN(C)C(=O)c1cn2c(C)cccc2n1. The Morgan fingerprint density at radius 3 is 2.78 bits per heavy atom. The van der Waals surface area contributed by atoms with E-state index in [4.69, 9.17) is 16.3 Å². The standard InChI is InChI=1S/C19H19ClN4O3/c1-12-5-4-6-17-21-15(10-24(12)17)19(26)23(2)11-18(25)22-14-9-13(20)7-8-16(14)27-3/h4-10H,11H2,1-3H3,(H,22,25). The molecule has 140 valence electrons. The largest absolute Gasteiger partial charge is 0.495 e. The van der Waals surface area contributed by atoms with Crippen molar-refractivity contribution < 1.29 is 14.3 Å². The van der Waals surface area contributed by atoms with Gasteiger partial charge in [0.05, 0.1) is 19.3 Å². The average molecular weight is 387 g/mol. The first kappa shape index (κ1) is 18.7. The molecular formula is C19H19ClN4O3. The predicted molar refractivity (Wildman–Crippen MR) is 104 cm³/mol. The number of carbonyl (C=O) groups is 2. The lowest BCUT2D eigenvalue weighted by Crippen LogP contribution is -2.35. The maximum absolute atomic E-state index is 12.6. The highest BCUT2D eigenvalue weighted by Crippen LogP contribution is 2.27. The first-order valence-corrected chi connectivity index (χ1v) is 8.60. The van der Waals surface area contributed by atoms with Crippen LogP contribution in [0.2, 0.25) is 5.02 Å². The molecule has 7 nitrogen and oxygen atoms in total. The van der Waals surface area contributed by atoms with Crippen molar-refractivity contribution in [1.82, 2.24) is 14.3 Å². The number of nitrogens with zero attached hydrogens (tertiary/aromatic N) is 3. The number of imidazole rings is 1. The van der Waals surface area contributed by atoms with Gasteiger partial charge in [-0.1, -0.05) is 17.7 Å². The first-order chi connectivity index (χ1) is 12.9. The third-order valence-corrected chi connectivity index (χ3v) is 4.31. The van der Waals surface area contributed by atoms with E-state index in [1.165, 1.54) is 12.0 Å². The molecular weight excluding hydrogens is 368 g/mol. The summed E-state index contributed by atoms with van der Waals surface area (Å²) >= 11 is 5.96. The molecule has 27 heavy (non-hydrogen) atoms. The molecule has 2 heterocycles. The van der Waals surface area contributed by atoms with E-state index in [0.29, 0.717) is 22.1 Å². The van der Waals surface area contributed by atoms with Crippen molar-refractivity contribution in [3.63, 3.8) is 0 Å². The number of rotatable bonds is 5. The molecule has 3 aromatic rings. The second-order valence-electron chi connectivity index (χ2n) is 6.08. The first-order valence-electron chi connectivity index (χ1n) is 8.22. The van der Waals surface area contributed by atoms with Gasteiger partial charge in [0.1, 0.15) is 17.1 Å². The second kappa shape index (κ2) is 7.67. The lowest BCUT2D eigenvalue weighted by Gasteiger charge is -2.16. The van der Waals surface area contributed by atoms with E-state index in [9.17, 15) is 9.59 Å². The number of amides is 2. The number of pyridine rings is 1. The van der Waals surface area contributed by atoms with Crippen LogP contribution in [0.4, 0.5) is 5.69 Å². The number of halogens is 1. The van der Waals surface area contributed by atoms with Crippen LogP contribution >= 0.6 is 11.6 Å². The number of fused-ring (bicyclic) bond motifs is 1. The summed E-state index contributed by atoms with van der Waals surface area (Å²) in [4.78, 5) is 30.6. The van der Waals surface area contributed by atoms with Crippen molar-refractivity contribution in [2.45, 2.75) is 6.92 Å². The number of benzene rings is 1. The van der Waals surface area contributed by atoms with Gasteiger partial charge < -0.3 is 19.4 Å². The zero-order valence-electron chi connectivity index (χ0n) is 15.2. The Morgan fingerprint density at radius 1 is 1.30 bits per heavy atom. The molecule has 0 aliphatic heterocycles. The van der Waals surface area contributed by atoms with Gasteiger partial charge in [0.25, 0.3) is 5.91 Å². The van der Waals surface area contributed by atoms with Crippen molar-refractivity contribution in [3.8, 4) is 5.75 Å². The molecule has 0 fully saturated rings. The van der Waals surface area contributed by atoms with E-state index >= 15 is 0 Å². The van der Waals surface area contributed by atoms with Crippen molar-refractivity contribution in [3.05, 3.63) is 59.0 Å². The van der Waals surface area contributed by atoms with Crippen LogP contribution < -0.4 is 10.1 Å². The fourth-order valence-electron chi connectivity index (χ4n) is 2.70. The van der Waals surface area contributed by atoms with Crippen LogP contribution in [0.15, 0.2) is 42.6 Å². The quantitative estimate of drug-likeness (QED) is 0.731. The van der Waals surface area contributed by atoms with Crippen LogP contribution in [0.25, 0.3) is 5.65 Å². The summed E-state index contributed by atoms with van der Waals surface area (Å²) in [6, 6.07) is 10.5. The van der Waals surface area contributed by atoms with E-state index in [0.717, 1.165) is 5.69 Å². The third-order valence-electron chi connectivity index (χ3n) is 4.08. The molecule has 3 rings (SSSR count). The molecule has 2 aromatic heterocycles. The summed E-state index contributed by atoms with van der Waals surface area (Å²) in [5.41, 5.74) is 2.37. The predicted octanol–water partition coefficient (Wildman–Crippen LogP) is 3.02. The molecule has 8 heteroatoms. The van der Waals surface area contributed by atoms with Crippen LogP contribution in [-0.2, 0) is 4.79 Å². The number of ether oxygens (including phenoxy) is 1. The summed E-state index contributed by atoms with van der Waals surface area (Å²) in [5.74, 6) is -0.227. The Labute approximate surface area is 161 Å². The van der Waals surface area contributed by atoms with Crippen LogP contribution in [0.3, 0.4) is 0 Å². The highest BCUT2D eigenvalue weighted by molar-refractivity contribution is 6.31. The molecule has 0 unspecified atom stereocenters. The molecule has 0 radical (unpaired) electrons. The van der Waals surface area contributed by atoms with Crippen LogP contribution in [0.5, 0.6) is 5.75 Å². The summed E-state index contributed by atoms with van der Waals surface area (Å²) in [7, 11) is 3.05. The fourth-order valence-corrected chi connectivity index (χ4v) is 2.87. The van der Waals surface area contributed by atoms with Crippen LogP contribution in [0, 0.1) is 6.92 Å². The Morgan fingerprint density at radius 2 is 2.07 bits per heavy atom. The smallest absolute Gasteiger partial charge is 0.274 e. The van der Waals surface area contributed by atoms with E-state index in [1.54, 1.807) is 31.4 Å². The summed E-state index contributed by atoms with van der Waals surface area (Å²) in [6.45, 7) is 1.79. The van der Waals surface area contributed by atoms with Gasteiger partial charge in [-0.25, -0.2) is 4.98 Å². The van der Waals surface area contributed by atoms with E-state index in [-0.39, 0.29) is 24.1 Å². The minimum absolute atomic E-state index is 0.138. The summed E-state index contributed by atoms with van der Waals surface area (Å²) in [5, 5.41) is 3.18. The number of hydrogen-bond acceptors (Lipinski definition) is 4. The van der Waals surface area contributed by atoms with Crippen molar-refractivity contribution in [2.24, 2.45) is 0 Å². The van der Waals surface area contributed by atoms with Crippen LogP contribution in [0.1, 0.15) is 16.2 Å². The Bertz CT molecular complexity index is 1020. The highest BCUT2D eigenvalue weighted by Gasteiger charge is 2.19. The lowest BCUT2D eigenvalue weighted by molar-refractivity contribution is -0.116. The van der Waals surface area contributed by atoms with Gasteiger partial charge in [-0.15, -0.1) is 0 Å². The van der Waals surface area contributed by atoms with Gasteiger partial charge in [0, 0.05) is 24.0 Å². The third kappa shape index (κ3) is 4.03. The monoisotopic (exact) mass is 386 g/mol. The molecule has 0 saturated heterocycles. The van der Waals surface area contributed by atoms with Crippen molar-refractivity contribution in [2.75, 3.05) is 26.0 Å². The molecule has 0 aliphatic rings. The number of carbonyl (C=O) groups excluding carboxylic acids is 2. The topological polar surface area (TPSA) is 75.9 Å². The Hall–Kier alpha value is -3.06. The van der Waals surface area contributed by atoms with E-state index < -0.39 is 0 Å². The van der Waals surface area contributed by atoms with Gasteiger partial charge >= 0.3 is 0 Å². The fraction of sp³-hybridized carbons (Fsp3) is 0.211. The lowest BCUT2D eigenvalue weighted by atomic mass is 10.3. The normalized spacial score (nSPS) is 10.7. The summed E-state index contributed by atoms with van der Waals surface area (Å²) < 4.78 is 7.03. The molecule has 1 N–H and O–H groups in total. The molecule has 0 atom stereocenters. The second-order valence-corrected chi connectivity index (χ2v) is 6.51. The zero-order valence-corrected chi connectivity index (χ0v) is 15.9. The average Bonchev–Trinajstić information content (AvgIpc) is 3.06. The van der Waals surface area contributed by atoms with Gasteiger partial charge in [-0.05, 0) is 37.3 Å². The minimum atomic E-state index is -0.369. The van der Waals surface area contributed by atoms with E-state index in [1.807, 2.05) is 29.5 Å². The van der Waals surface area contributed by atoms with Gasteiger partial charge in [0.2, 0.25) is 5.91 Å². The number of hydrogen-bond donors (Lipinski definition) is 1. The van der Waals surface area contributed by atoms with Crippen molar-refractivity contribution >= 4 is 34.7 Å². The number of likely N-dealkylation sites (N-methyl/N-ethyl adjacent to an activating group) is 1. The Balaban J connectivity index is 1.71. The number of nitrogens with one attached hydrogen (secondary N) is 1.